The molecule has 2 aliphatic rings. The first-order valence-corrected chi connectivity index (χ1v) is 12.1. The van der Waals surface area contributed by atoms with Gasteiger partial charge in [0.15, 0.2) is 0 Å². The van der Waals surface area contributed by atoms with Crippen LogP contribution in [0.2, 0.25) is 0 Å². The molecule has 2 heterocycles. The molecule has 7 heteroatoms. The van der Waals surface area contributed by atoms with Crippen molar-refractivity contribution in [2.45, 2.75) is 45.1 Å². The van der Waals surface area contributed by atoms with E-state index in [-0.39, 0.29) is 17.6 Å². The van der Waals surface area contributed by atoms with E-state index >= 15 is 0 Å². The number of benzene rings is 1. The second-order valence-corrected chi connectivity index (χ2v) is 10.1. The summed E-state index contributed by atoms with van der Waals surface area (Å²) in [5.74, 6) is 0.376. The molecule has 1 atom stereocenters. The van der Waals surface area contributed by atoms with Crippen LogP contribution in [0, 0.1) is 5.92 Å². The van der Waals surface area contributed by atoms with E-state index in [1.54, 1.807) is 11.2 Å². The van der Waals surface area contributed by atoms with E-state index in [2.05, 4.69) is 22.3 Å². The first kappa shape index (κ1) is 21.3. The summed E-state index contributed by atoms with van der Waals surface area (Å²) in [5.41, 5.74) is 1.24. The minimum atomic E-state index is -3.08. The lowest BCUT2D eigenvalue weighted by atomic mass is 9.93. The zero-order chi connectivity index (χ0) is 20.0. The molecule has 0 aliphatic carbocycles. The number of piperidine rings is 2. The number of likely N-dealkylation sites (tertiary alicyclic amines) is 1. The van der Waals surface area contributed by atoms with Crippen LogP contribution in [0.3, 0.4) is 0 Å². The Kier molecular flexibility index (Phi) is 7.48. The highest BCUT2D eigenvalue weighted by Gasteiger charge is 2.33. The van der Waals surface area contributed by atoms with Crippen LogP contribution in [-0.2, 0) is 21.2 Å². The van der Waals surface area contributed by atoms with Crippen molar-refractivity contribution < 1.29 is 13.2 Å². The molecule has 2 aliphatic heterocycles. The number of amides is 1. The number of hydrogen-bond acceptors (Lipinski definition) is 4. The van der Waals surface area contributed by atoms with Gasteiger partial charge in [0, 0.05) is 32.2 Å². The third-order valence-electron chi connectivity index (χ3n) is 6.08. The Balaban J connectivity index is 1.44. The molecule has 1 unspecified atom stereocenters. The molecular weight excluding hydrogens is 374 g/mol. The average molecular weight is 408 g/mol. The van der Waals surface area contributed by atoms with Gasteiger partial charge in [-0.15, -0.1) is 0 Å². The number of sulfonamides is 1. The van der Waals surface area contributed by atoms with Crippen LogP contribution in [0.1, 0.15) is 38.2 Å². The van der Waals surface area contributed by atoms with E-state index in [1.165, 1.54) is 5.56 Å². The molecule has 156 valence electrons. The van der Waals surface area contributed by atoms with Crippen molar-refractivity contribution in [3.8, 4) is 0 Å². The number of rotatable bonds is 7. The van der Waals surface area contributed by atoms with Gasteiger partial charge in [-0.1, -0.05) is 30.3 Å². The summed E-state index contributed by atoms with van der Waals surface area (Å²) < 4.78 is 25.7. The third-order valence-corrected chi connectivity index (χ3v) is 7.96. The van der Waals surface area contributed by atoms with Crippen molar-refractivity contribution in [2.24, 2.45) is 5.92 Å². The van der Waals surface area contributed by atoms with Crippen LogP contribution in [0.5, 0.6) is 0 Å². The molecule has 0 spiro atoms. The summed E-state index contributed by atoms with van der Waals surface area (Å²) in [6.45, 7) is 5.39. The molecule has 0 radical (unpaired) electrons. The molecule has 1 aromatic carbocycles. The van der Waals surface area contributed by atoms with E-state index in [0.717, 1.165) is 45.2 Å². The van der Waals surface area contributed by atoms with E-state index in [0.29, 0.717) is 25.7 Å². The van der Waals surface area contributed by atoms with Crippen LogP contribution >= 0.6 is 0 Å². The predicted octanol–water partition coefficient (Wildman–Crippen LogP) is 1.87. The Hall–Kier alpha value is -1.44. The molecule has 1 amide bonds. The molecular formula is C21H33N3O3S. The van der Waals surface area contributed by atoms with Gasteiger partial charge in [0.25, 0.3) is 0 Å². The number of carbonyl (C=O) groups excluding carboxylic acids is 1. The zero-order valence-corrected chi connectivity index (χ0v) is 17.7. The van der Waals surface area contributed by atoms with Gasteiger partial charge in [0.1, 0.15) is 0 Å². The van der Waals surface area contributed by atoms with Crippen molar-refractivity contribution in [3.63, 3.8) is 0 Å². The number of hydrogen-bond donors (Lipinski definition) is 1. The second kappa shape index (κ2) is 9.85. The normalized spacial score (nSPS) is 22.8. The zero-order valence-electron chi connectivity index (χ0n) is 16.8. The van der Waals surface area contributed by atoms with Crippen molar-refractivity contribution >= 4 is 15.9 Å². The summed E-state index contributed by atoms with van der Waals surface area (Å²) in [5, 5.41) is 3.11. The summed E-state index contributed by atoms with van der Waals surface area (Å²) >= 11 is 0. The maximum absolute atomic E-state index is 12.6. The lowest BCUT2D eigenvalue weighted by molar-refractivity contribution is -0.127. The van der Waals surface area contributed by atoms with Gasteiger partial charge in [0.05, 0.1) is 11.7 Å². The fourth-order valence-electron chi connectivity index (χ4n) is 4.34. The van der Waals surface area contributed by atoms with Crippen LogP contribution < -0.4 is 5.32 Å². The maximum Gasteiger partial charge on any atom is 0.224 e. The molecule has 1 N–H and O–H groups in total. The summed E-state index contributed by atoms with van der Waals surface area (Å²) in [4.78, 5) is 15.0. The van der Waals surface area contributed by atoms with Crippen molar-refractivity contribution in [3.05, 3.63) is 35.9 Å². The molecule has 0 bridgehead atoms. The Bertz CT molecular complexity index is 731. The summed E-state index contributed by atoms with van der Waals surface area (Å²) in [6, 6.07) is 10.6. The molecule has 0 saturated carbocycles. The van der Waals surface area contributed by atoms with Gasteiger partial charge in [-0.25, -0.2) is 12.7 Å². The molecule has 28 heavy (non-hydrogen) atoms. The third kappa shape index (κ3) is 5.55. The fraction of sp³-hybridized carbons (Fsp3) is 0.667. The fourth-order valence-corrected chi connectivity index (χ4v) is 5.47. The Morgan fingerprint density at radius 3 is 2.50 bits per heavy atom. The van der Waals surface area contributed by atoms with Gasteiger partial charge in [-0.05, 0) is 51.1 Å². The van der Waals surface area contributed by atoms with Gasteiger partial charge in [0.2, 0.25) is 15.9 Å². The van der Waals surface area contributed by atoms with Crippen LogP contribution in [0.25, 0.3) is 0 Å². The van der Waals surface area contributed by atoms with Gasteiger partial charge >= 0.3 is 0 Å². The number of carbonyl (C=O) groups is 1. The van der Waals surface area contributed by atoms with Crippen molar-refractivity contribution in [1.29, 1.82) is 0 Å². The topological polar surface area (TPSA) is 69.7 Å². The quantitative estimate of drug-likeness (QED) is 0.749. The van der Waals surface area contributed by atoms with Crippen LogP contribution in [0.15, 0.2) is 30.3 Å². The van der Waals surface area contributed by atoms with Gasteiger partial charge < -0.3 is 5.32 Å². The first-order valence-electron chi connectivity index (χ1n) is 10.5. The summed E-state index contributed by atoms with van der Waals surface area (Å²) in [6.07, 6.45) is 4.55. The molecule has 0 aromatic heterocycles. The van der Waals surface area contributed by atoms with Crippen LogP contribution in [0.4, 0.5) is 0 Å². The standard InChI is InChI=1S/C21H33N3O3S/c1-2-28(26,27)24-15-11-20(12-16-24)23-14-6-9-19(17-23)21(25)22-13-10-18-7-4-3-5-8-18/h3-5,7-8,19-20H,2,6,9-17H2,1H3,(H,22,25). The predicted molar refractivity (Wildman–Crippen MR) is 112 cm³/mol. The van der Waals surface area contributed by atoms with E-state index in [4.69, 9.17) is 0 Å². The highest BCUT2D eigenvalue weighted by molar-refractivity contribution is 7.89. The van der Waals surface area contributed by atoms with E-state index in [9.17, 15) is 13.2 Å². The molecule has 2 fully saturated rings. The number of nitrogens with one attached hydrogen (secondary N) is 1. The average Bonchev–Trinajstić information content (AvgIpc) is 2.74. The molecule has 6 nitrogen and oxygen atoms in total. The molecule has 1 aromatic rings. The van der Waals surface area contributed by atoms with E-state index < -0.39 is 10.0 Å². The second-order valence-electron chi connectivity index (χ2n) is 7.89. The minimum absolute atomic E-state index is 0.0435. The van der Waals surface area contributed by atoms with Crippen LogP contribution in [-0.4, -0.2) is 68.0 Å². The Morgan fingerprint density at radius 1 is 1.11 bits per heavy atom. The highest BCUT2D eigenvalue weighted by Crippen LogP contribution is 2.25. The maximum atomic E-state index is 12.6. The first-order chi connectivity index (χ1) is 13.5. The van der Waals surface area contributed by atoms with Gasteiger partial charge in [-0.3, -0.25) is 9.69 Å². The summed E-state index contributed by atoms with van der Waals surface area (Å²) in [7, 11) is -3.08. The molecule has 3 rings (SSSR count). The lowest BCUT2D eigenvalue weighted by Crippen LogP contribution is -2.51. The highest BCUT2D eigenvalue weighted by atomic mass is 32.2. The van der Waals surface area contributed by atoms with E-state index in [1.807, 2.05) is 18.2 Å². The smallest absolute Gasteiger partial charge is 0.224 e. The minimum Gasteiger partial charge on any atom is -0.355 e. The SMILES string of the molecule is CCS(=O)(=O)N1CCC(N2CCCC(C(=O)NCCc3ccccc3)C2)CC1. The monoisotopic (exact) mass is 407 g/mol. The van der Waals surface area contributed by atoms with Crippen molar-refractivity contribution in [2.75, 3.05) is 38.5 Å². The Labute approximate surface area is 169 Å². The van der Waals surface area contributed by atoms with Crippen molar-refractivity contribution in [1.82, 2.24) is 14.5 Å². The van der Waals surface area contributed by atoms with Gasteiger partial charge in [-0.2, -0.15) is 0 Å². The molecule has 2 saturated heterocycles. The number of nitrogens with zero attached hydrogens (tertiary/aromatic N) is 2. The largest absolute Gasteiger partial charge is 0.355 e. The Morgan fingerprint density at radius 2 is 1.82 bits per heavy atom. The lowest BCUT2D eigenvalue weighted by Gasteiger charge is -2.41.